The number of alkyl halides is 1. The van der Waals surface area contributed by atoms with Gasteiger partial charge >= 0.3 is 0 Å². The lowest BCUT2D eigenvalue weighted by Gasteiger charge is -2.11. The smallest absolute Gasteiger partial charge is 0.257 e. The third kappa shape index (κ3) is 3.07. The summed E-state index contributed by atoms with van der Waals surface area (Å²) in [5.41, 5.74) is 0. The Hall–Kier alpha value is -0.400. The van der Waals surface area contributed by atoms with Crippen LogP contribution in [0.15, 0.2) is 17.3 Å². The molecule has 0 spiro atoms. The summed E-state index contributed by atoms with van der Waals surface area (Å²) in [6.07, 6.45) is 2.15. The minimum atomic E-state index is -3.43. The van der Waals surface area contributed by atoms with Crippen molar-refractivity contribution in [1.82, 2.24) is 14.9 Å². The van der Waals surface area contributed by atoms with Gasteiger partial charge in [0.1, 0.15) is 0 Å². The van der Waals surface area contributed by atoms with Gasteiger partial charge in [-0.15, -0.1) is 0 Å². The van der Waals surface area contributed by atoms with Crippen molar-refractivity contribution in [2.24, 2.45) is 0 Å². The van der Waals surface area contributed by atoms with Gasteiger partial charge in [-0.25, -0.2) is 13.1 Å². The zero-order valence-corrected chi connectivity index (χ0v) is 10.1. The van der Waals surface area contributed by atoms with E-state index in [2.05, 4.69) is 30.8 Å². The first-order valence-electron chi connectivity index (χ1n) is 4.14. The second-order valence-corrected chi connectivity index (χ2v) is 5.40. The van der Waals surface area contributed by atoms with Crippen LogP contribution in [0.25, 0.3) is 0 Å². The monoisotopic (exact) mass is 281 g/mol. The largest absolute Gasteiger partial charge is 0.266 e. The van der Waals surface area contributed by atoms with Crippen molar-refractivity contribution in [3.63, 3.8) is 0 Å². The Balaban J connectivity index is 2.68. The van der Waals surface area contributed by atoms with Gasteiger partial charge in [0.2, 0.25) is 0 Å². The minimum absolute atomic E-state index is 0.0947. The van der Waals surface area contributed by atoms with Crippen LogP contribution >= 0.6 is 15.9 Å². The lowest BCUT2D eigenvalue weighted by Crippen LogP contribution is -2.33. The fraction of sp³-hybridized carbons (Fsp3) is 0.571. The molecule has 0 saturated carbocycles. The van der Waals surface area contributed by atoms with Crippen LogP contribution < -0.4 is 4.72 Å². The van der Waals surface area contributed by atoms with Gasteiger partial charge in [-0.2, -0.15) is 5.10 Å². The molecule has 0 amide bonds. The Morgan fingerprint density at radius 1 is 1.71 bits per heavy atom. The van der Waals surface area contributed by atoms with Crippen molar-refractivity contribution in [3.8, 4) is 0 Å². The SMILES string of the molecule is CC(CCBr)NS(=O)(=O)c1ccn[nH]1. The van der Waals surface area contributed by atoms with Crippen molar-refractivity contribution in [1.29, 1.82) is 0 Å². The molecule has 1 unspecified atom stereocenters. The molecule has 0 aliphatic carbocycles. The maximum atomic E-state index is 11.6. The molecule has 1 aromatic rings. The van der Waals surface area contributed by atoms with Crippen molar-refractivity contribution >= 4 is 26.0 Å². The first-order chi connectivity index (χ1) is 6.56. The number of sulfonamides is 1. The van der Waals surface area contributed by atoms with Crippen LogP contribution in [0, 0.1) is 0 Å². The average molecular weight is 282 g/mol. The predicted molar refractivity (Wildman–Crippen MR) is 56.8 cm³/mol. The van der Waals surface area contributed by atoms with Crippen LogP contribution in [0.4, 0.5) is 0 Å². The number of halogens is 1. The van der Waals surface area contributed by atoms with E-state index in [9.17, 15) is 8.42 Å². The lowest BCUT2D eigenvalue weighted by molar-refractivity contribution is 0.553. The molecule has 1 aromatic heterocycles. The van der Waals surface area contributed by atoms with Crippen molar-refractivity contribution in [2.75, 3.05) is 5.33 Å². The molecule has 0 saturated heterocycles. The van der Waals surface area contributed by atoms with E-state index in [-0.39, 0.29) is 11.1 Å². The van der Waals surface area contributed by atoms with E-state index in [1.54, 1.807) is 0 Å². The number of H-pyrrole nitrogens is 1. The summed E-state index contributed by atoms with van der Waals surface area (Å²) in [5.74, 6) is 0. The zero-order valence-electron chi connectivity index (χ0n) is 7.70. The molecule has 0 bridgehead atoms. The number of aromatic nitrogens is 2. The molecular formula is C7H12BrN3O2S. The molecule has 80 valence electrons. The number of nitrogens with one attached hydrogen (secondary N) is 2. The van der Waals surface area contributed by atoms with Gasteiger partial charge in [0.25, 0.3) is 10.0 Å². The van der Waals surface area contributed by atoms with Gasteiger partial charge < -0.3 is 0 Å². The first-order valence-corrected chi connectivity index (χ1v) is 6.74. The van der Waals surface area contributed by atoms with Crippen molar-refractivity contribution in [3.05, 3.63) is 12.3 Å². The molecule has 0 radical (unpaired) electrons. The van der Waals surface area contributed by atoms with Crippen LogP contribution in [0.2, 0.25) is 0 Å². The van der Waals surface area contributed by atoms with Gasteiger partial charge in [0.15, 0.2) is 5.03 Å². The number of aromatic amines is 1. The van der Waals surface area contributed by atoms with Crippen LogP contribution in [0.3, 0.4) is 0 Å². The summed E-state index contributed by atoms with van der Waals surface area (Å²) in [4.78, 5) is 0. The Morgan fingerprint density at radius 2 is 2.43 bits per heavy atom. The highest BCUT2D eigenvalue weighted by Gasteiger charge is 2.17. The first kappa shape index (κ1) is 11.7. The molecule has 1 atom stereocenters. The van der Waals surface area contributed by atoms with Gasteiger partial charge in [0.05, 0.1) is 6.20 Å². The molecule has 0 aliphatic heterocycles. The van der Waals surface area contributed by atoms with E-state index in [4.69, 9.17) is 0 Å². The molecule has 1 rings (SSSR count). The molecule has 5 nitrogen and oxygen atoms in total. The highest BCUT2D eigenvalue weighted by molar-refractivity contribution is 9.09. The summed E-state index contributed by atoms with van der Waals surface area (Å²) in [7, 11) is -3.43. The fourth-order valence-electron chi connectivity index (χ4n) is 0.944. The number of rotatable bonds is 5. The quantitative estimate of drug-likeness (QED) is 0.787. The van der Waals surface area contributed by atoms with Gasteiger partial charge in [0, 0.05) is 11.4 Å². The topological polar surface area (TPSA) is 74.8 Å². The summed E-state index contributed by atoms with van der Waals surface area (Å²) >= 11 is 3.25. The Kier molecular flexibility index (Phi) is 4.09. The maximum absolute atomic E-state index is 11.6. The second kappa shape index (κ2) is 4.90. The van der Waals surface area contributed by atoms with Crippen molar-refractivity contribution < 1.29 is 8.42 Å². The van der Waals surface area contributed by atoms with Crippen LogP contribution in [-0.2, 0) is 10.0 Å². The number of nitrogens with zero attached hydrogens (tertiary/aromatic N) is 1. The average Bonchev–Trinajstić information content (AvgIpc) is 2.54. The lowest BCUT2D eigenvalue weighted by atomic mass is 10.3. The highest BCUT2D eigenvalue weighted by atomic mass is 79.9. The molecule has 0 aromatic carbocycles. The molecule has 0 aliphatic rings. The predicted octanol–water partition coefficient (Wildman–Crippen LogP) is 0.861. The Morgan fingerprint density at radius 3 is 2.93 bits per heavy atom. The van der Waals surface area contributed by atoms with Gasteiger partial charge in [-0.05, 0) is 19.4 Å². The summed E-state index contributed by atoms with van der Waals surface area (Å²) in [6.45, 7) is 1.81. The van der Waals surface area contributed by atoms with Gasteiger partial charge in [-0.1, -0.05) is 15.9 Å². The summed E-state index contributed by atoms with van der Waals surface area (Å²) in [5, 5.41) is 6.86. The number of hydrogen-bond acceptors (Lipinski definition) is 3. The Bertz CT molecular complexity index is 362. The van der Waals surface area contributed by atoms with E-state index in [1.807, 2.05) is 6.92 Å². The van der Waals surface area contributed by atoms with E-state index in [1.165, 1.54) is 12.3 Å². The molecule has 0 fully saturated rings. The molecule has 14 heavy (non-hydrogen) atoms. The molecule has 7 heteroatoms. The zero-order chi connectivity index (χ0) is 10.6. The van der Waals surface area contributed by atoms with E-state index in [0.717, 1.165) is 11.8 Å². The number of hydrogen-bond donors (Lipinski definition) is 2. The third-order valence-corrected chi connectivity index (χ3v) is 3.64. The minimum Gasteiger partial charge on any atom is -0.266 e. The van der Waals surface area contributed by atoms with Gasteiger partial charge in [-0.3, -0.25) is 5.10 Å². The van der Waals surface area contributed by atoms with E-state index < -0.39 is 10.0 Å². The summed E-state index contributed by atoms with van der Waals surface area (Å²) in [6, 6.07) is 1.33. The second-order valence-electron chi connectivity index (χ2n) is 2.92. The summed E-state index contributed by atoms with van der Waals surface area (Å²) < 4.78 is 25.7. The maximum Gasteiger partial charge on any atom is 0.257 e. The molecule has 2 N–H and O–H groups in total. The Labute approximate surface area is 91.5 Å². The van der Waals surface area contributed by atoms with E-state index in [0.29, 0.717) is 0 Å². The van der Waals surface area contributed by atoms with Crippen LogP contribution in [-0.4, -0.2) is 30.0 Å². The fourth-order valence-corrected chi connectivity index (χ4v) is 2.82. The van der Waals surface area contributed by atoms with E-state index >= 15 is 0 Å². The molecule has 1 heterocycles. The molecular weight excluding hydrogens is 270 g/mol. The standard InChI is InChI=1S/C7H12BrN3O2S/c1-6(2-4-8)11-14(12,13)7-3-5-9-10-7/h3,5-6,11H,2,4H2,1H3,(H,9,10). The third-order valence-electron chi connectivity index (χ3n) is 1.66. The van der Waals surface area contributed by atoms with Crippen LogP contribution in [0.5, 0.6) is 0 Å². The normalized spacial score (nSPS) is 14.1. The van der Waals surface area contributed by atoms with Crippen LogP contribution in [0.1, 0.15) is 13.3 Å². The highest BCUT2D eigenvalue weighted by Crippen LogP contribution is 2.05. The van der Waals surface area contributed by atoms with Crippen molar-refractivity contribution in [2.45, 2.75) is 24.4 Å².